The van der Waals surface area contributed by atoms with Gasteiger partial charge in [0.2, 0.25) is 5.91 Å². The number of amides is 1. The molecule has 24 heavy (non-hydrogen) atoms. The van der Waals surface area contributed by atoms with Crippen molar-refractivity contribution in [3.05, 3.63) is 72.3 Å². The Hall–Kier alpha value is -3.08. The van der Waals surface area contributed by atoms with E-state index in [4.69, 9.17) is 0 Å². The standard InChI is InChI=1S/C19H19NO4/c1-3-18(24)20-19(2,14-9-5-7-11-16(14)22)12-17(23)13-8-4-6-10-15(13)21/h3-11,21-22H,1,12H2,2H3,(H,20,24). The predicted molar refractivity (Wildman–Crippen MR) is 90.9 cm³/mol. The number of hydrogen-bond acceptors (Lipinski definition) is 4. The quantitative estimate of drug-likeness (QED) is 0.563. The highest BCUT2D eigenvalue weighted by Crippen LogP contribution is 2.33. The van der Waals surface area contributed by atoms with Crippen molar-refractivity contribution in [2.75, 3.05) is 0 Å². The number of phenolic OH excluding ortho intramolecular Hbond substituents is 2. The molecular formula is C19H19NO4. The van der Waals surface area contributed by atoms with Crippen molar-refractivity contribution < 1.29 is 19.8 Å². The summed E-state index contributed by atoms with van der Waals surface area (Å²) in [5.74, 6) is -0.985. The van der Waals surface area contributed by atoms with Crippen molar-refractivity contribution in [3.8, 4) is 11.5 Å². The van der Waals surface area contributed by atoms with E-state index in [2.05, 4.69) is 11.9 Å². The van der Waals surface area contributed by atoms with Crippen molar-refractivity contribution in [3.63, 3.8) is 0 Å². The normalized spacial score (nSPS) is 12.9. The van der Waals surface area contributed by atoms with Gasteiger partial charge in [-0.2, -0.15) is 0 Å². The second-order valence-electron chi connectivity index (χ2n) is 5.66. The molecule has 0 radical (unpaired) electrons. The van der Waals surface area contributed by atoms with Gasteiger partial charge in [-0.05, 0) is 31.2 Å². The number of phenols is 2. The Morgan fingerprint density at radius 3 is 2.25 bits per heavy atom. The average Bonchev–Trinajstić information content (AvgIpc) is 2.55. The van der Waals surface area contributed by atoms with Gasteiger partial charge in [-0.25, -0.2) is 0 Å². The first-order valence-corrected chi connectivity index (χ1v) is 7.41. The summed E-state index contributed by atoms with van der Waals surface area (Å²) in [5.41, 5.74) is -0.591. The molecule has 1 unspecified atom stereocenters. The van der Waals surface area contributed by atoms with Crippen LogP contribution < -0.4 is 5.32 Å². The highest BCUT2D eigenvalue weighted by Gasteiger charge is 2.34. The van der Waals surface area contributed by atoms with E-state index in [1.807, 2.05) is 0 Å². The first kappa shape index (κ1) is 17.3. The zero-order valence-electron chi connectivity index (χ0n) is 13.3. The van der Waals surface area contributed by atoms with Crippen molar-refractivity contribution in [2.45, 2.75) is 18.9 Å². The summed E-state index contributed by atoms with van der Waals surface area (Å²) in [4.78, 5) is 24.4. The van der Waals surface area contributed by atoms with Crippen LogP contribution in [0.25, 0.3) is 0 Å². The van der Waals surface area contributed by atoms with Crippen molar-refractivity contribution in [1.29, 1.82) is 0 Å². The maximum Gasteiger partial charge on any atom is 0.244 e. The van der Waals surface area contributed by atoms with Crippen LogP contribution in [0.4, 0.5) is 0 Å². The molecule has 5 nitrogen and oxygen atoms in total. The van der Waals surface area contributed by atoms with Crippen LogP contribution in [-0.4, -0.2) is 21.9 Å². The number of carbonyl (C=O) groups excluding carboxylic acids is 2. The number of Topliss-reactive ketones (excluding diaryl/α,β-unsaturated/α-hetero) is 1. The van der Waals surface area contributed by atoms with Crippen LogP contribution in [0.1, 0.15) is 29.3 Å². The first-order valence-electron chi connectivity index (χ1n) is 7.41. The van der Waals surface area contributed by atoms with E-state index < -0.39 is 11.4 Å². The molecule has 1 amide bonds. The lowest BCUT2D eigenvalue weighted by molar-refractivity contribution is -0.118. The Bertz CT molecular complexity index is 784. The van der Waals surface area contributed by atoms with Crippen LogP contribution in [0.2, 0.25) is 0 Å². The molecule has 0 fully saturated rings. The summed E-state index contributed by atoms with van der Waals surface area (Å²) in [6.07, 6.45) is 0.963. The number of rotatable bonds is 6. The number of para-hydroxylation sites is 2. The van der Waals surface area contributed by atoms with E-state index in [0.717, 1.165) is 6.08 Å². The summed E-state index contributed by atoms with van der Waals surface area (Å²) in [6.45, 7) is 5.05. The molecule has 0 spiro atoms. The zero-order valence-corrected chi connectivity index (χ0v) is 13.3. The highest BCUT2D eigenvalue weighted by atomic mass is 16.3. The minimum Gasteiger partial charge on any atom is -0.508 e. The van der Waals surface area contributed by atoms with Crippen molar-refractivity contribution in [2.24, 2.45) is 0 Å². The number of nitrogens with one attached hydrogen (secondary N) is 1. The SMILES string of the molecule is C=CC(=O)NC(C)(CC(=O)c1ccccc1O)c1ccccc1O. The summed E-state index contributed by atoms with van der Waals surface area (Å²) in [6, 6.07) is 12.7. The monoisotopic (exact) mass is 325 g/mol. The van der Waals surface area contributed by atoms with Gasteiger partial charge in [0.25, 0.3) is 0 Å². The fourth-order valence-corrected chi connectivity index (χ4v) is 2.60. The second kappa shape index (κ2) is 7.00. The molecular weight excluding hydrogens is 306 g/mol. The zero-order chi connectivity index (χ0) is 17.7. The van der Waals surface area contributed by atoms with Gasteiger partial charge in [-0.15, -0.1) is 0 Å². The van der Waals surface area contributed by atoms with E-state index in [0.29, 0.717) is 5.56 Å². The van der Waals surface area contributed by atoms with Gasteiger partial charge in [-0.1, -0.05) is 36.9 Å². The third-order valence-corrected chi connectivity index (χ3v) is 3.80. The van der Waals surface area contributed by atoms with Gasteiger partial charge in [0.05, 0.1) is 11.1 Å². The molecule has 1 atom stereocenters. The molecule has 0 saturated heterocycles. The van der Waals surface area contributed by atoms with Gasteiger partial charge in [0.1, 0.15) is 11.5 Å². The lowest BCUT2D eigenvalue weighted by Gasteiger charge is -2.31. The van der Waals surface area contributed by atoms with Crippen LogP contribution in [0.5, 0.6) is 11.5 Å². The van der Waals surface area contributed by atoms with Gasteiger partial charge < -0.3 is 15.5 Å². The molecule has 0 aromatic heterocycles. The van der Waals surface area contributed by atoms with Crippen LogP contribution in [0.15, 0.2) is 61.2 Å². The van der Waals surface area contributed by atoms with Crippen LogP contribution in [0, 0.1) is 0 Å². The van der Waals surface area contributed by atoms with Crippen molar-refractivity contribution in [1.82, 2.24) is 5.32 Å². The summed E-state index contributed by atoms with van der Waals surface area (Å²) in [5, 5.41) is 22.7. The van der Waals surface area contributed by atoms with E-state index in [-0.39, 0.29) is 29.3 Å². The summed E-state index contributed by atoms with van der Waals surface area (Å²) in [7, 11) is 0. The number of carbonyl (C=O) groups is 2. The molecule has 0 saturated carbocycles. The summed E-state index contributed by atoms with van der Waals surface area (Å²) >= 11 is 0. The van der Waals surface area contributed by atoms with Crippen LogP contribution in [-0.2, 0) is 10.3 Å². The number of hydrogen-bond donors (Lipinski definition) is 3. The van der Waals surface area contributed by atoms with Crippen LogP contribution >= 0.6 is 0 Å². The Morgan fingerprint density at radius 1 is 1.08 bits per heavy atom. The lowest BCUT2D eigenvalue weighted by Crippen LogP contribution is -2.44. The van der Waals surface area contributed by atoms with Gasteiger partial charge in [0.15, 0.2) is 5.78 Å². The molecule has 3 N–H and O–H groups in total. The average molecular weight is 325 g/mol. The molecule has 2 aromatic carbocycles. The minimum atomic E-state index is -1.16. The molecule has 0 aliphatic rings. The fraction of sp³-hybridized carbons (Fsp3) is 0.158. The molecule has 124 valence electrons. The van der Waals surface area contributed by atoms with Gasteiger partial charge in [0, 0.05) is 12.0 Å². The smallest absolute Gasteiger partial charge is 0.244 e. The fourth-order valence-electron chi connectivity index (χ4n) is 2.60. The van der Waals surface area contributed by atoms with E-state index in [1.54, 1.807) is 37.3 Å². The predicted octanol–water partition coefficient (Wildman–Crippen LogP) is 2.89. The Kier molecular flexibility index (Phi) is 5.04. The minimum absolute atomic E-state index is 0.0329. The Balaban J connectivity index is 2.42. The molecule has 0 aliphatic heterocycles. The second-order valence-corrected chi connectivity index (χ2v) is 5.66. The van der Waals surface area contributed by atoms with E-state index in [9.17, 15) is 19.8 Å². The number of benzene rings is 2. The molecule has 5 heteroatoms. The van der Waals surface area contributed by atoms with Crippen LogP contribution in [0.3, 0.4) is 0 Å². The molecule has 2 rings (SSSR count). The topological polar surface area (TPSA) is 86.6 Å². The maximum absolute atomic E-state index is 12.6. The molecule has 0 heterocycles. The molecule has 0 bridgehead atoms. The third kappa shape index (κ3) is 3.63. The number of ketones is 1. The number of aromatic hydroxyl groups is 2. The largest absolute Gasteiger partial charge is 0.508 e. The van der Waals surface area contributed by atoms with Gasteiger partial charge in [-0.3, -0.25) is 9.59 Å². The lowest BCUT2D eigenvalue weighted by atomic mass is 9.84. The van der Waals surface area contributed by atoms with E-state index >= 15 is 0 Å². The van der Waals surface area contributed by atoms with Crippen molar-refractivity contribution >= 4 is 11.7 Å². The van der Waals surface area contributed by atoms with E-state index in [1.165, 1.54) is 18.2 Å². The summed E-state index contributed by atoms with van der Waals surface area (Å²) < 4.78 is 0. The molecule has 2 aromatic rings. The first-order chi connectivity index (χ1) is 11.4. The maximum atomic E-state index is 12.6. The van der Waals surface area contributed by atoms with Gasteiger partial charge >= 0.3 is 0 Å². The Labute approximate surface area is 140 Å². The highest BCUT2D eigenvalue weighted by molar-refractivity contribution is 6.00. The Morgan fingerprint density at radius 2 is 1.67 bits per heavy atom. The molecule has 0 aliphatic carbocycles. The third-order valence-electron chi connectivity index (χ3n) is 3.80.